The third-order valence-electron chi connectivity index (χ3n) is 3.00. The molecule has 1 heteroatoms. The molecule has 2 fully saturated rings. The van der Waals surface area contributed by atoms with Crippen molar-refractivity contribution in [1.82, 2.24) is 0 Å². The van der Waals surface area contributed by atoms with Crippen molar-refractivity contribution in [2.24, 2.45) is 11.8 Å². The van der Waals surface area contributed by atoms with Crippen LogP contribution >= 0.6 is 0 Å². The maximum absolute atomic E-state index is 5.49. The van der Waals surface area contributed by atoms with Gasteiger partial charge in [0, 0.05) is 0 Å². The van der Waals surface area contributed by atoms with Crippen molar-refractivity contribution in [3.8, 4) is 0 Å². The van der Waals surface area contributed by atoms with E-state index in [0.29, 0.717) is 12.2 Å². The molecule has 0 aromatic rings. The molecule has 1 heterocycles. The molecule has 1 saturated carbocycles. The smallest absolute Gasteiger partial charge is 0.0872 e. The number of hydrogen-bond acceptors (Lipinski definition) is 1. The van der Waals surface area contributed by atoms with E-state index in [-0.39, 0.29) is 0 Å². The summed E-state index contributed by atoms with van der Waals surface area (Å²) < 4.78 is 5.49. The fraction of sp³-hybridized carbons (Fsp3) is 1.00. The van der Waals surface area contributed by atoms with Crippen molar-refractivity contribution in [2.75, 3.05) is 0 Å². The van der Waals surface area contributed by atoms with Gasteiger partial charge in [-0.2, -0.15) is 0 Å². The Kier molecular flexibility index (Phi) is 1.48. The lowest BCUT2D eigenvalue weighted by atomic mass is 9.92. The summed E-state index contributed by atoms with van der Waals surface area (Å²) in [6.45, 7) is 4.64. The van der Waals surface area contributed by atoms with Crippen LogP contribution in [0.25, 0.3) is 0 Å². The van der Waals surface area contributed by atoms with Crippen LogP contribution in [0.15, 0.2) is 0 Å². The van der Waals surface area contributed by atoms with E-state index in [1.54, 1.807) is 0 Å². The van der Waals surface area contributed by atoms with Crippen molar-refractivity contribution in [2.45, 2.75) is 45.3 Å². The summed E-state index contributed by atoms with van der Waals surface area (Å²) in [5.74, 6) is 1.83. The molecule has 0 aromatic carbocycles. The number of ether oxygens (including phenoxy) is 1. The van der Waals surface area contributed by atoms with Crippen LogP contribution in [0.1, 0.15) is 33.1 Å². The van der Waals surface area contributed by atoms with Crippen molar-refractivity contribution in [3.63, 3.8) is 0 Å². The summed E-state index contributed by atoms with van der Waals surface area (Å²) in [5.41, 5.74) is 0. The molecule has 2 rings (SSSR count). The van der Waals surface area contributed by atoms with E-state index in [1.807, 2.05) is 0 Å². The van der Waals surface area contributed by atoms with E-state index < -0.39 is 0 Å². The van der Waals surface area contributed by atoms with Crippen LogP contribution in [0, 0.1) is 11.8 Å². The fourth-order valence-electron chi connectivity index (χ4n) is 2.37. The van der Waals surface area contributed by atoms with Gasteiger partial charge in [-0.3, -0.25) is 0 Å². The topological polar surface area (TPSA) is 12.5 Å². The van der Waals surface area contributed by atoms with Gasteiger partial charge in [-0.1, -0.05) is 20.3 Å². The van der Waals surface area contributed by atoms with Crippen LogP contribution in [0.5, 0.6) is 0 Å². The molecule has 0 bridgehead atoms. The highest BCUT2D eigenvalue weighted by Gasteiger charge is 2.52. The van der Waals surface area contributed by atoms with Gasteiger partial charge >= 0.3 is 0 Å². The highest BCUT2D eigenvalue weighted by molar-refractivity contribution is 5.00. The zero-order valence-electron chi connectivity index (χ0n) is 6.84. The molecule has 1 saturated heterocycles. The van der Waals surface area contributed by atoms with E-state index in [0.717, 1.165) is 11.8 Å². The van der Waals surface area contributed by atoms with Gasteiger partial charge < -0.3 is 4.74 Å². The minimum absolute atomic E-state index is 0.673. The minimum Gasteiger partial charge on any atom is -0.369 e. The second-order valence-electron chi connectivity index (χ2n) is 3.80. The van der Waals surface area contributed by atoms with Gasteiger partial charge in [-0.15, -0.1) is 0 Å². The molecule has 1 aliphatic heterocycles. The van der Waals surface area contributed by atoms with Gasteiger partial charge in [0.05, 0.1) is 12.2 Å². The maximum Gasteiger partial charge on any atom is 0.0872 e. The average Bonchev–Trinajstić information content (AvgIpc) is 2.57. The fourth-order valence-corrected chi connectivity index (χ4v) is 2.37. The quantitative estimate of drug-likeness (QED) is 0.536. The summed E-state index contributed by atoms with van der Waals surface area (Å²) in [4.78, 5) is 0. The van der Waals surface area contributed by atoms with Crippen molar-refractivity contribution in [3.05, 3.63) is 0 Å². The van der Waals surface area contributed by atoms with Gasteiger partial charge in [0.2, 0.25) is 0 Å². The summed E-state index contributed by atoms with van der Waals surface area (Å²) in [5, 5.41) is 0. The lowest BCUT2D eigenvalue weighted by Gasteiger charge is -2.15. The van der Waals surface area contributed by atoms with Gasteiger partial charge in [0.25, 0.3) is 0 Å². The van der Waals surface area contributed by atoms with Crippen LogP contribution in [0.3, 0.4) is 0 Å². The molecule has 0 radical (unpaired) electrons. The van der Waals surface area contributed by atoms with Gasteiger partial charge in [-0.25, -0.2) is 0 Å². The Morgan fingerprint density at radius 3 is 2.80 bits per heavy atom. The summed E-state index contributed by atoms with van der Waals surface area (Å²) in [7, 11) is 0. The van der Waals surface area contributed by atoms with Crippen LogP contribution in [0.4, 0.5) is 0 Å². The van der Waals surface area contributed by atoms with Crippen molar-refractivity contribution >= 4 is 0 Å². The predicted octanol–water partition coefficient (Wildman–Crippen LogP) is 2.21. The van der Waals surface area contributed by atoms with Gasteiger partial charge in [0.15, 0.2) is 0 Å². The Morgan fingerprint density at radius 2 is 2.30 bits per heavy atom. The first-order chi connectivity index (χ1) is 4.83. The monoisotopic (exact) mass is 140 g/mol. The van der Waals surface area contributed by atoms with Crippen LogP contribution < -0.4 is 0 Å². The molecule has 3 unspecified atom stereocenters. The number of fused-ring (bicyclic) bond motifs is 1. The Hall–Kier alpha value is -0.0400. The average molecular weight is 140 g/mol. The molecule has 0 aromatic heterocycles. The van der Waals surface area contributed by atoms with Gasteiger partial charge in [-0.05, 0) is 24.7 Å². The minimum atomic E-state index is 0.673. The molecule has 58 valence electrons. The number of rotatable bonds is 2. The Balaban J connectivity index is 1.92. The summed E-state index contributed by atoms with van der Waals surface area (Å²) >= 11 is 0. The normalized spacial score (nSPS) is 51.0. The van der Waals surface area contributed by atoms with E-state index >= 15 is 0 Å². The largest absolute Gasteiger partial charge is 0.369 e. The summed E-state index contributed by atoms with van der Waals surface area (Å²) in [6.07, 6.45) is 5.38. The molecule has 1 nitrogen and oxygen atoms in total. The first kappa shape index (κ1) is 6.66. The molecule has 0 N–H and O–H groups in total. The second kappa shape index (κ2) is 2.23. The van der Waals surface area contributed by atoms with Crippen molar-refractivity contribution < 1.29 is 4.74 Å². The number of epoxide rings is 1. The zero-order chi connectivity index (χ0) is 7.14. The molecule has 10 heavy (non-hydrogen) atoms. The van der Waals surface area contributed by atoms with Crippen LogP contribution in [-0.2, 0) is 4.74 Å². The molecule has 0 spiro atoms. The standard InChI is InChI=1S/C9H16O/c1-3-4-7-6(2)5-8-9(7)10-8/h6-9H,3-5H2,1-2H3/t6-,7?,8?,9?/m0/s1. The lowest BCUT2D eigenvalue weighted by molar-refractivity contribution is 0.203. The predicted molar refractivity (Wildman–Crippen MR) is 40.8 cm³/mol. The Labute approximate surface area is 62.8 Å². The van der Waals surface area contributed by atoms with E-state index in [9.17, 15) is 0 Å². The van der Waals surface area contributed by atoms with Crippen LogP contribution in [0.2, 0.25) is 0 Å². The highest BCUT2D eigenvalue weighted by Crippen LogP contribution is 2.48. The Morgan fingerprint density at radius 1 is 1.50 bits per heavy atom. The van der Waals surface area contributed by atoms with Gasteiger partial charge in [0.1, 0.15) is 0 Å². The number of hydrogen-bond donors (Lipinski definition) is 0. The Bertz CT molecular complexity index is 131. The highest BCUT2D eigenvalue weighted by atomic mass is 16.6. The molecular formula is C9H16O. The van der Waals surface area contributed by atoms with E-state index in [1.165, 1.54) is 19.3 Å². The molecule has 1 aliphatic carbocycles. The lowest BCUT2D eigenvalue weighted by Crippen LogP contribution is -2.11. The summed E-state index contributed by atoms with van der Waals surface area (Å²) in [6, 6.07) is 0. The molecule has 0 amide bonds. The van der Waals surface area contributed by atoms with E-state index in [4.69, 9.17) is 4.74 Å². The molecule has 4 atom stereocenters. The third kappa shape index (κ3) is 0.878. The first-order valence-corrected chi connectivity index (χ1v) is 4.48. The maximum atomic E-state index is 5.49. The second-order valence-corrected chi connectivity index (χ2v) is 3.80. The SMILES string of the molecule is CCCC1C2OC2C[C@@H]1C. The third-order valence-corrected chi connectivity index (χ3v) is 3.00. The first-order valence-electron chi connectivity index (χ1n) is 4.48. The molecular weight excluding hydrogens is 124 g/mol. The molecule has 2 aliphatic rings. The zero-order valence-corrected chi connectivity index (χ0v) is 6.84. The van der Waals surface area contributed by atoms with E-state index in [2.05, 4.69) is 13.8 Å². The van der Waals surface area contributed by atoms with Crippen LogP contribution in [-0.4, -0.2) is 12.2 Å². The van der Waals surface area contributed by atoms with Crippen molar-refractivity contribution in [1.29, 1.82) is 0 Å².